The molecule has 1 heterocycles. The summed E-state index contributed by atoms with van der Waals surface area (Å²) in [5.41, 5.74) is 0.161. The average molecular weight is 307 g/mol. The molecule has 0 saturated heterocycles. The third kappa shape index (κ3) is 3.97. The number of hydrogen-bond acceptors (Lipinski definition) is 5. The number of aliphatic hydroxyl groups is 1. The monoisotopic (exact) mass is 307 g/mol. The van der Waals surface area contributed by atoms with Crippen LogP contribution < -0.4 is 14.8 Å². The zero-order valence-electron chi connectivity index (χ0n) is 12.6. The van der Waals surface area contributed by atoms with Crippen molar-refractivity contribution in [3.63, 3.8) is 0 Å². The third-order valence-electron chi connectivity index (χ3n) is 3.33. The highest BCUT2D eigenvalue weighted by molar-refractivity contribution is 7.10. The Labute approximate surface area is 129 Å². The van der Waals surface area contributed by atoms with Gasteiger partial charge in [0.2, 0.25) is 0 Å². The van der Waals surface area contributed by atoms with E-state index < -0.39 is 5.60 Å². The summed E-state index contributed by atoms with van der Waals surface area (Å²) < 4.78 is 10.5. The molecule has 114 valence electrons. The van der Waals surface area contributed by atoms with E-state index in [4.69, 9.17) is 9.47 Å². The van der Waals surface area contributed by atoms with Gasteiger partial charge >= 0.3 is 0 Å². The molecule has 1 aromatic carbocycles. The van der Waals surface area contributed by atoms with Crippen LogP contribution in [0.15, 0.2) is 35.7 Å². The topological polar surface area (TPSA) is 50.7 Å². The molecule has 2 aromatic rings. The lowest BCUT2D eigenvalue weighted by molar-refractivity contribution is 0.0604. The first-order valence-corrected chi connectivity index (χ1v) is 7.63. The first kappa shape index (κ1) is 15.8. The van der Waals surface area contributed by atoms with Gasteiger partial charge < -0.3 is 19.9 Å². The normalized spacial score (nSPS) is 13.7. The number of ether oxygens (including phenoxy) is 2. The van der Waals surface area contributed by atoms with Crippen LogP contribution in [0.25, 0.3) is 0 Å². The minimum absolute atomic E-state index is 0.475. The molecule has 21 heavy (non-hydrogen) atoms. The van der Waals surface area contributed by atoms with Crippen LogP contribution in [-0.4, -0.2) is 25.9 Å². The fourth-order valence-corrected chi connectivity index (χ4v) is 2.90. The molecule has 0 fully saturated rings. The van der Waals surface area contributed by atoms with Gasteiger partial charge in [-0.05, 0) is 24.4 Å². The lowest BCUT2D eigenvalue weighted by atomic mass is 10.1. The molecule has 0 aliphatic rings. The van der Waals surface area contributed by atoms with Gasteiger partial charge in [0.1, 0.15) is 17.1 Å². The van der Waals surface area contributed by atoms with E-state index >= 15 is 0 Å². The molecule has 0 radical (unpaired) electrons. The number of benzene rings is 1. The van der Waals surface area contributed by atoms with Gasteiger partial charge in [-0.25, -0.2) is 0 Å². The Morgan fingerprint density at radius 3 is 2.67 bits per heavy atom. The minimum Gasteiger partial charge on any atom is -0.497 e. The number of methoxy groups -OCH3 is 2. The number of nitrogens with one attached hydrogen (secondary N) is 1. The van der Waals surface area contributed by atoms with Gasteiger partial charge in [0, 0.05) is 29.6 Å². The van der Waals surface area contributed by atoms with E-state index in [9.17, 15) is 5.11 Å². The van der Waals surface area contributed by atoms with Crippen molar-refractivity contribution in [1.29, 1.82) is 0 Å². The van der Waals surface area contributed by atoms with E-state index in [0.717, 1.165) is 21.9 Å². The van der Waals surface area contributed by atoms with Crippen LogP contribution in [0.2, 0.25) is 0 Å². The molecular formula is C16H21NO3S. The predicted octanol–water partition coefficient (Wildman–Crippen LogP) is 2.76. The Morgan fingerprint density at radius 2 is 2.05 bits per heavy atom. The molecule has 1 aromatic heterocycles. The van der Waals surface area contributed by atoms with Crippen molar-refractivity contribution in [2.24, 2.45) is 0 Å². The molecule has 0 aliphatic carbocycles. The lowest BCUT2D eigenvalue weighted by Gasteiger charge is -2.22. The highest BCUT2D eigenvalue weighted by Gasteiger charge is 2.23. The van der Waals surface area contributed by atoms with E-state index in [-0.39, 0.29) is 0 Å². The summed E-state index contributed by atoms with van der Waals surface area (Å²) in [4.78, 5) is 0.955. The fraction of sp³-hybridized carbons (Fsp3) is 0.375. The van der Waals surface area contributed by atoms with Crippen LogP contribution in [0, 0.1) is 0 Å². The van der Waals surface area contributed by atoms with Gasteiger partial charge in [-0.2, -0.15) is 0 Å². The number of thiophene rings is 1. The Balaban J connectivity index is 1.97. The van der Waals surface area contributed by atoms with Gasteiger partial charge in [-0.15, -0.1) is 11.3 Å². The van der Waals surface area contributed by atoms with Gasteiger partial charge in [0.15, 0.2) is 0 Å². The van der Waals surface area contributed by atoms with Crippen molar-refractivity contribution < 1.29 is 14.6 Å². The quantitative estimate of drug-likeness (QED) is 0.826. The summed E-state index contributed by atoms with van der Waals surface area (Å²) in [7, 11) is 3.27. The Bertz CT molecular complexity index is 567. The van der Waals surface area contributed by atoms with Crippen LogP contribution in [0.4, 0.5) is 0 Å². The first-order chi connectivity index (χ1) is 10.1. The van der Waals surface area contributed by atoms with E-state index in [0.29, 0.717) is 13.1 Å². The van der Waals surface area contributed by atoms with E-state index in [1.54, 1.807) is 25.6 Å². The van der Waals surface area contributed by atoms with E-state index in [2.05, 4.69) is 5.32 Å². The van der Waals surface area contributed by atoms with Gasteiger partial charge in [0.05, 0.1) is 14.2 Å². The molecule has 1 atom stereocenters. The van der Waals surface area contributed by atoms with Crippen molar-refractivity contribution >= 4 is 11.3 Å². The lowest BCUT2D eigenvalue weighted by Crippen LogP contribution is -2.34. The zero-order valence-corrected chi connectivity index (χ0v) is 13.4. The van der Waals surface area contributed by atoms with Gasteiger partial charge in [0.25, 0.3) is 0 Å². The van der Waals surface area contributed by atoms with Crippen molar-refractivity contribution in [2.45, 2.75) is 19.1 Å². The average Bonchev–Trinajstić information content (AvgIpc) is 3.02. The molecule has 5 heteroatoms. The Hall–Kier alpha value is -1.56. The van der Waals surface area contributed by atoms with Crippen molar-refractivity contribution in [3.8, 4) is 11.5 Å². The largest absolute Gasteiger partial charge is 0.497 e. The molecule has 2 N–H and O–H groups in total. The maximum Gasteiger partial charge on any atom is 0.127 e. The van der Waals surface area contributed by atoms with Crippen LogP contribution in [0.1, 0.15) is 17.4 Å². The smallest absolute Gasteiger partial charge is 0.127 e. The fourth-order valence-electron chi connectivity index (χ4n) is 2.11. The molecule has 2 rings (SSSR count). The number of hydrogen-bond donors (Lipinski definition) is 2. The summed E-state index contributed by atoms with van der Waals surface area (Å²) >= 11 is 1.56. The molecule has 0 saturated carbocycles. The van der Waals surface area contributed by atoms with Crippen molar-refractivity contribution in [3.05, 3.63) is 46.2 Å². The van der Waals surface area contributed by atoms with Crippen molar-refractivity contribution in [2.75, 3.05) is 20.8 Å². The Morgan fingerprint density at radius 1 is 1.24 bits per heavy atom. The standard InChI is InChI=1S/C16H21NO3S/c1-16(18,15-5-4-8-21-15)11-17-10-12-6-7-13(19-2)9-14(12)20-3/h4-9,17-18H,10-11H2,1-3H3. The molecule has 0 bridgehead atoms. The van der Waals surface area contributed by atoms with Crippen LogP contribution >= 0.6 is 11.3 Å². The van der Waals surface area contributed by atoms with Gasteiger partial charge in [-0.1, -0.05) is 12.1 Å². The molecule has 1 unspecified atom stereocenters. The van der Waals surface area contributed by atoms with Crippen molar-refractivity contribution in [1.82, 2.24) is 5.32 Å². The minimum atomic E-state index is -0.867. The summed E-state index contributed by atoms with van der Waals surface area (Å²) in [6.45, 7) is 2.91. The highest BCUT2D eigenvalue weighted by atomic mass is 32.1. The SMILES string of the molecule is COc1ccc(CNCC(C)(O)c2cccs2)c(OC)c1. The highest BCUT2D eigenvalue weighted by Crippen LogP contribution is 2.26. The summed E-state index contributed by atoms with van der Waals surface area (Å²) in [5, 5.41) is 15.7. The molecular weight excluding hydrogens is 286 g/mol. The molecule has 0 amide bonds. The summed E-state index contributed by atoms with van der Waals surface area (Å²) in [5.74, 6) is 1.54. The zero-order chi connectivity index (χ0) is 15.3. The molecule has 0 aliphatic heterocycles. The third-order valence-corrected chi connectivity index (χ3v) is 4.45. The molecule has 4 nitrogen and oxygen atoms in total. The second-order valence-corrected chi connectivity index (χ2v) is 5.98. The summed E-state index contributed by atoms with van der Waals surface area (Å²) in [6.07, 6.45) is 0. The summed E-state index contributed by atoms with van der Waals surface area (Å²) in [6, 6.07) is 9.61. The maximum atomic E-state index is 10.5. The predicted molar refractivity (Wildman–Crippen MR) is 85.1 cm³/mol. The maximum absolute atomic E-state index is 10.5. The van der Waals surface area contributed by atoms with Crippen LogP contribution in [0.3, 0.4) is 0 Å². The number of rotatable bonds is 7. The molecule has 0 spiro atoms. The second-order valence-electron chi connectivity index (χ2n) is 5.03. The Kier molecular flexibility index (Phi) is 5.22. The second kappa shape index (κ2) is 6.93. The van der Waals surface area contributed by atoms with Crippen LogP contribution in [-0.2, 0) is 12.1 Å². The van der Waals surface area contributed by atoms with E-state index in [1.165, 1.54) is 0 Å². The van der Waals surface area contributed by atoms with E-state index in [1.807, 2.05) is 42.6 Å². The van der Waals surface area contributed by atoms with Crippen LogP contribution in [0.5, 0.6) is 11.5 Å². The van der Waals surface area contributed by atoms with Gasteiger partial charge in [-0.3, -0.25) is 0 Å². The first-order valence-electron chi connectivity index (χ1n) is 6.75.